The molecule has 0 fully saturated rings. The highest BCUT2D eigenvalue weighted by Crippen LogP contribution is 2.36. The SMILES string of the molecule is C=Cc1nn2c(c1C(=O)N[C@@H](C)c1ccc(C(=O)O)cc1)N(Cc1cccc(C(F)(F)F)c1)CC2.C=Cc1nn2c(c1C(=O)N[C@@H](C)c1ccc(C(=O)OC)cc1)N(Cc1cccc(C(F)(F)F)c1)CC2. The van der Waals surface area contributed by atoms with Gasteiger partial charge in [0.1, 0.15) is 22.8 Å². The van der Waals surface area contributed by atoms with Gasteiger partial charge in [-0.1, -0.05) is 61.7 Å². The minimum absolute atomic E-state index is 0.140. The molecule has 2 aliphatic rings. The third kappa shape index (κ3) is 11.3. The number of halogens is 6. The van der Waals surface area contributed by atoms with Crippen LogP contribution in [0.2, 0.25) is 0 Å². The van der Waals surface area contributed by atoms with Gasteiger partial charge in [0.2, 0.25) is 0 Å². The van der Waals surface area contributed by atoms with E-state index in [-0.39, 0.29) is 24.6 Å². The van der Waals surface area contributed by atoms with Gasteiger partial charge in [0, 0.05) is 26.2 Å². The van der Waals surface area contributed by atoms with Crippen molar-refractivity contribution in [2.24, 2.45) is 0 Å². The second kappa shape index (κ2) is 20.8. The van der Waals surface area contributed by atoms with E-state index in [1.54, 1.807) is 64.8 Å². The number of carbonyl (C=O) groups excluding carboxylic acids is 3. The maximum Gasteiger partial charge on any atom is 0.416 e. The molecule has 0 saturated carbocycles. The monoisotopic (exact) mass is 982 g/mol. The van der Waals surface area contributed by atoms with Gasteiger partial charge in [0.15, 0.2) is 0 Å². The molecule has 20 heteroatoms. The molecule has 2 aliphatic heterocycles. The molecule has 0 saturated heterocycles. The van der Waals surface area contributed by atoms with Crippen molar-refractivity contribution in [3.05, 3.63) is 177 Å². The van der Waals surface area contributed by atoms with Crippen LogP contribution >= 0.6 is 0 Å². The van der Waals surface area contributed by atoms with Gasteiger partial charge in [0.05, 0.1) is 65.9 Å². The normalized spacial score (nSPS) is 13.8. The molecule has 3 N–H and O–H groups in total. The van der Waals surface area contributed by atoms with Crippen molar-refractivity contribution in [2.75, 3.05) is 30.0 Å². The molecular weight excluding hydrogens is 935 g/mol. The first-order valence-electron chi connectivity index (χ1n) is 22.1. The van der Waals surface area contributed by atoms with Crippen molar-refractivity contribution in [1.29, 1.82) is 0 Å². The Morgan fingerprint density at radius 2 is 1.04 bits per heavy atom. The van der Waals surface area contributed by atoms with Gasteiger partial charge in [-0.3, -0.25) is 9.59 Å². The number of anilines is 2. The molecule has 0 spiro atoms. The van der Waals surface area contributed by atoms with Gasteiger partial charge in [-0.05, 0) is 96.8 Å². The Balaban J connectivity index is 0.000000209. The molecular formula is C51H48F6N8O6. The quantitative estimate of drug-likeness (QED) is 0.0708. The Morgan fingerprint density at radius 1 is 0.648 bits per heavy atom. The Kier molecular flexibility index (Phi) is 14.9. The molecule has 0 bridgehead atoms. The highest BCUT2D eigenvalue weighted by Gasteiger charge is 2.35. The Morgan fingerprint density at radius 3 is 1.39 bits per heavy atom. The molecule has 2 atom stereocenters. The predicted octanol–water partition coefficient (Wildman–Crippen LogP) is 9.60. The summed E-state index contributed by atoms with van der Waals surface area (Å²) < 4.78 is 87.0. The van der Waals surface area contributed by atoms with E-state index in [2.05, 4.69) is 34.0 Å². The van der Waals surface area contributed by atoms with Crippen LogP contribution in [0.4, 0.5) is 38.0 Å². The fourth-order valence-corrected chi connectivity index (χ4v) is 8.35. The van der Waals surface area contributed by atoms with Crippen LogP contribution < -0.4 is 20.4 Å². The summed E-state index contributed by atoms with van der Waals surface area (Å²) in [5.74, 6) is -1.24. The van der Waals surface area contributed by atoms with Crippen molar-refractivity contribution in [1.82, 2.24) is 30.2 Å². The zero-order valence-electron chi connectivity index (χ0n) is 38.6. The maximum atomic E-state index is 13.4. The van der Waals surface area contributed by atoms with E-state index in [1.165, 1.54) is 43.5 Å². The molecule has 71 heavy (non-hydrogen) atoms. The number of rotatable bonds is 14. The minimum atomic E-state index is -4.44. The van der Waals surface area contributed by atoms with Crippen molar-refractivity contribution in [3.8, 4) is 0 Å². The molecule has 14 nitrogen and oxygen atoms in total. The van der Waals surface area contributed by atoms with Gasteiger partial charge < -0.3 is 30.3 Å². The summed E-state index contributed by atoms with van der Waals surface area (Å²) in [7, 11) is 1.30. The van der Waals surface area contributed by atoms with Crippen LogP contribution in [0.1, 0.15) is 112 Å². The second-order valence-electron chi connectivity index (χ2n) is 16.7. The number of fused-ring (bicyclic) bond motifs is 2. The van der Waals surface area contributed by atoms with Crippen LogP contribution in [-0.4, -0.2) is 68.6 Å². The van der Waals surface area contributed by atoms with E-state index in [0.29, 0.717) is 82.6 Å². The van der Waals surface area contributed by atoms with Gasteiger partial charge >= 0.3 is 24.3 Å². The Hall–Kier alpha value is -8.16. The summed E-state index contributed by atoms with van der Waals surface area (Å²) in [6.45, 7) is 13.4. The number of ether oxygens (including phenoxy) is 1. The van der Waals surface area contributed by atoms with Crippen molar-refractivity contribution in [2.45, 2.75) is 64.5 Å². The first-order chi connectivity index (χ1) is 33.7. The molecule has 4 heterocycles. The molecule has 4 aromatic carbocycles. The van der Waals surface area contributed by atoms with E-state index >= 15 is 0 Å². The van der Waals surface area contributed by atoms with E-state index in [1.807, 2.05) is 16.7 Å². The highest BCUT2D eigenvalue weighted by molar-refractivity contribution is 6.03. The number of alkyl halides is 6. The average Bonchev–Trinajstić information content (AvgIpc) is 4.12. The summed E-state index contributed by atoms with van der Waals surface area (Å²) >= 11 is 0. The third-order valence-corrected chi connectivity index (χ3v) is 11.9. The fraction of sp³-hybridized carbons (Fsp3) is 0.255. The molecule has 2 amide bonds. The number of hydrogen-bond donors (Lipinski definition) is 3. The standard InChI is InChI=1S/C26H25F3N4O3.C25H23F3N4O3/c1-4-21-22(23(34)30-16(2)18-8-10-19(11-9-18)25(35)36-3)24-32(12-13-33(24)31-21)15-17-6-5-7-20(14-17)26(27,28)29;1-3-20-21(22(33)29-15(2)17-7-9-18(10-8-17)24(34)35)23-31(11-12-32(23)30-20)14-16-5-4-6-19(13-16)25(26,27)28/h4-11,14,16H,1,12-13,15H2,2-3H3,(H,30,34);3-10,13,15H,1,11-12,14H2,2H3,(H,29,33)(H,34,35)/t16-;15-/m00/s1. The number of aromatic carboxylic acids is 1. The van der Waals surface area contributed by atoms with Crippen molar-refractivity contribution in [3.63, 3.8) is 0 Å². The topological polar surface area (TPSA) is 164 Å². The Bertz CT molecular complexity index is 2980. The third-order valence-electron chi connectivity index (χ3n) is 11.9. The number of carbonyl (C=O) groups is 4. The summed E-state index contributed by atoms with van der Waals surface area (Å²) in [4.78, 5) is 53.1. The second-order valence-corrected chi connectivity index (χ2v) is 16.7. The molecule has 0 radical (unpaired) electrons. The largest absolute Gasteiger partial charge is 0.478 e. The summed E-state index contributed by atoms with van der Waals surface area (Å²) in [5, 5.41) is 23.8. The molecule has 370 valence electrons. The molecule has 6 aromatic rings. The fourth-order valence-electron chi connectivity index (χ4n) is 8.35. The summed E-state index contributed by atoms with van der Waals surface area (Å²) in [6.07, 6.45) is -5.93. The predicted molar refractivity (Wildman–Crippen MR) is 253 cm³/mol. The first-order valence-corrected chi connectivity index (χ1v) is 22.1. The number of benzene rings is 4. The number of amides is 2. The van der Waals surface area contributed by atoms with E-state index in [0.717, 1.165) is 29.8 Å². The highest BCUT2D eigenvalue weighted by atomic mass is 19.4. The van der Waals surface area contributed by atoms with Crippen LogP contribution in [0.15, 0.2) is 110 Å². The lowest BCUT2D eigenvalue weighted by Gasteiger charge is -2.21. The first kappa shape index (κ1) is 50.7. The van der Waals surface area contributed by atoms with Crippen LogP contribution in [0.5, 0.6) is 0 Å². The smallest absolute Gasteiger partial charge is 0.416 e. The number of nitrogens with zero attached hydrogens (tertiary/aromatic N) is 6. The maximum absolute atomic E-state index is 13.4. The van der Waals surface area contributed by atoms with E-state index in [4.69, 9.17) is 9.84 Å². The van der Waals surface area contributed by atoms with Gasteiger partial charge in [-0.2, -0.15) is 36.5 Å². The molecule has 8 rings (SSSR count). The van der Waals surface area contributed by atoms with Crippen LogP contribution in [0, 0.1) is 0 Å². The lowest BCUT2D eigenvalue weighted by molar-refractivity contribution is -0.138. The molecule has 0 unspecified atom stereocenters. The minimum Gasteiger partial charge on any atom is -0.478 e. The zero-order chi connectivity index (χ0) is 51.4. The number of nitrogens with one attached hydrogen (secondary N) is 2. The number of carboxylic acids is 1. The lowest BCUT2D eigenvalue weighted by atomic mass is 10.1. The number of esters is 1. The average molecular weight is 983 g/mol. The number of carboxylic acid groups (broad SMARTS) is 1. The number of methoxy groups -OCH3 is 1. The van der Waals surface area contributed by atoms with Crippen molar-refractivity contribution >= 4 is 47.5 Å². The van der Waals surface area contributed by atoms with Crippen LogP contribution in [0.3, 0.4) is 0 Å². The van der Waals surface area contributed by atoms with Gasteiger partial charge in [-0.15, -0.1) is 0 Å². The van der Waals surface area contributed by atoms with E-state index < -0.39 is 53.4 Å². The van der Waals surface area contributed by atoms with Crippen LogP contribution in [-0.2, 0) is 43.3 Å². The molecule has 0 aliphatic carbocycles. The van der Waals surface area contributed by atoms with Crippen molar-refractivity contribution < 1.29 is 55.4 Å². The number of aromatic nitrogens is 4. The van der Waals surface area contributed by atoms with E-state index in [9.17, 15) is 45.5 Å². The Labute approximate surface area is 403 Å². The number of hydrogen-bond acceptors (Lipinski definition) is 9. The lowest BCUT2D eigenvalue weighted by Crippen LogP contribution is -2.29. The summed E-state index contributed by atoms with van der Waals surface area (Å²) in [5.41, 5.74) is 2.90. The van der Waals surface area contributed by atoms with Crippen LogP contribution in [0.25, 0.3) is 12.2 Å². The van der Waals surface area contributed by atoms with Gasteiger partial charge in [0.25, 0.3) is 11.8 Å². The van der Waals surface area contributed by atoms with Gasteiger partial charge in [-0.25, -0.2) is 19.0 Å². The molecule has 2 aromatic heterocycles. The summed E-state index contributed by atoms with van der Waals surface area (Å²) in [6, 6.07) is 22.3. The zero-order valence-corrected chi connectivity index (χ0v) is 38.6.